The molecule has 0 radical (unpaired) electrons. The number of amides is 2. The fraction of sp³-hybridized carbons (Fsp3) is 0.533. The average Bonchev–Trinajstić information content (AvgIpc) is 3.74. The Balaban J connectivity index is 1.11. The van der Waals surface area contributed by atoms with E-state index in [1.807, 2.05) is 12.1 Å². The molecule has 0 aliphatic heterocycles. The minimum Gasteiger partial charge on any atom is -0.326 e. The van der Waals surface area contributed by atoms with E-state index in [9.17, 15) is 9.59 Å². The van der Waals surface area contributed by atoms with Crippen LogP contribution in [0.2, 0.25) is 0 Å². The molecular weight excluding hydrogens is 420 g/mol. The van der Waals surface area contributed by atoms with Gasteiger partial charge in [0.05, 0.1) is 0 Å². The Bertz CT molecular complexity index is 1030. The summed E-state index contributed by atoms with van der Waals surface area (Å²) in [6.07, 6.45) is 10.0. The van der Waals surface area contributed by atoms with Crippen LogP contribution in [0.15, 0.2) is 36.4 Å². The van der Waals surface area contributed by atoms with E-state index in [1.54, 1.807) is 0 Å². The van der Waals surface area contributed by atoms with Gasteiger partial charge in [0.25, 0.3) is 0 Å². The van der Waals surface area contributed by atoms with Gasteiger partial charge >= 0.3 is 0 Å². The van der Waals surface area contributed by atoms with E-state index in [2.05, 4.69) is 48.7 Å². The third-order valence-electron chi connectivity index (χ3n) is 9.22. The molecule has 0 bridgehead atoms. The minimum atomic E-state index is 0.208. The van der Waals surface area contributed by atoms with Crippen LogP contribution in [0.3, 0.4) is 0 Å². The molecule has 4 aliphatic rings. The summed E-state index contributed by atoms with van der Waals surface area (Å²) >= 11 is 0. The molecule has 4 nitrogen and oxygen atoms in total. The molecule has 0 spiro atoms. The van der Waals surface area contributed by atoms with Crippen LogP contribution in [0, 0.1) is 49.4 Å². The number of nitrogens with one attached hydrogen (secondary N) is 2. The molecule has 2 amide bonds. The lowest BCUT2D eigenvalue weighted by Gasteiger charge is -2.13. The van der Waals surface area contributed by atoms with E-state index in [0.29, 0.717) is 23.7 Å². The lowest BCUT2D eigenvalue weighted by Crippen LogP contribution is -2.16. The summed E-state index contributed by atoms with van der Waals surface area (Å²) in [7, 11) is 0. The molecule has 4 saturated carbocycles. The van der Waals surface area contributed by atoms with Gasteiger partial charge in [-0.2, -0.15) is 0 Å². The van der Waals surface area contributed by atoms with Gasteiger partial charge in [0.15, 0.2) is 0 Å². The zero-order valence-corrected chi connectivity index (χ0v) is 20.4. The van der Waals surface area contributed by atoms with Gasteiger partial charge in [-0.25, -0.2) is 0 Å². The second-order valence-electron chi connectivity index (χ2n) is 11.3. The maximum Gasteiger partial charge on any atom is 0.228 e. The van der Waals surface area contributed by atoms with Crippen molar-refractivity contribution in [3.63, 3.8) is 0 Å². The standard InChI is InChI=1S/C30H36N2O2/c1-17-15-19(11-13-25(17)31-29(33)27-21-7-3-4-8-22(21)27)20-12-14-26(18(2)16-20)32-30(34)28-23-9-5-6-10-24(23)28/h11-16,21-24,27-28H,3-10H2,1-2H3,(H,31,33)(H,32,34). The normalized spacial score (nSPS) is 31.1. The van der Waals surface area contributed by atoms with E-state index in [1.165, 1.54) is 51.4 Å². The lowest BCUT2D eigenvalue weighted by molar-refractivity contribution is -0.118. The molecule has 4 aliphatic carbocycles. The summed E-state index contributed by atoms with van der Waals surface area (Å²) in [5.41, 5.74) is 6.27. The van der Waals surface area contributed by atoms with Crippen molar-refractivity contribution in [3.8, 4) is 11.1 Å². The Morgan fingerprint density at radius 2 is 0.971 bits per heavy atom. The molecule has 0 saturated heterocycles. The Labute approximate surface area is 202 Å². The number of carbonyl (C=O) groups is 2. The monoisotopic (exact) mass is 456 g/mol. The van der Waals surface area contributed by atoms with Gasteiger partial charge in [-0.3, -0.25) is 9.59 Å². The first-order chi connectivity index (χ1) is 16.5. The van der Waals surface area contributed by atoms with Crippen molar-refractivity contribution < 1.29 is 9.59 Å². The smallest absolute Gasteiger partial charge is 0.228 e. The van der Waals surface area contributed by atoms with Crippen molar-refractivity contribution in [2.24, 2.45) is 35.5 Å². The highest BCUT2D eigenvalue weighted by Gasteiger charge is 2.55. The second-order valence-corrected chi connectivity index (χ2v) is 11.3. The fourth-order valence-electron chi connectivity index (χ4n) is 7.16. The number of aryl methyl sites for hydroxylation is 2. The highest BCUT2D eigenvalue weighted by molar-refractivity contribution is 5.97. The summed E-state index contributed by atoms with van der Waals surface area (Å²) in [5.74, 6) is 3.37. The molecular formula is C30H36N2O2. The number of anilines is 2. The molecule has 4 unspecified atom stereocenters. The second kappa shape index (κ2) is 8.55. The van der Waals surface area contributed by atoms with Crippen LogP contribution in [0.5, 0.6) is 0 Å². The third kappa shape index (κ3) is 3.95. The summed E-state index contributed by atoms with van der Waals surface area (Å²) in [4.78, 5) is 25.6. The Kier molecular flexibility index (Phi) is 5.50. The van der Waals surface area contributed by atoms with Crippen molar-refractivity contribution in [2.45, 2.75) is 65.2 Å². The van der Waals surface area contributed by atoms with E-state index >= 15 is 0 Å². The number of hydrogen-bond donors (Lipinski definition) is 2. The van der Waals surface area contributed by atoms with Crippen molar-refractivity contribution >= 4 is 23.2 Å². The number of benzene rings is 2. The van der Waals surface area contributed by atoms with Crippen LogP contribution in [-0.2, 0) is 9.59 Å². The first kappa shape index (κ1) is 21.9. The fourth-order valence-corrected chi connectivity index (χ4v) is 7.16. The van der Waals surface area contributed by atoms with Crippen LogP contribution in [-0.4, -0.2) is 11.8 Å². The molecule has 2 N–H and O–H groups in total. The van der Waals surface area contributed by atoms with Crippen LogP contribution >= 0.6 is 0 Å². The van der Waals surface area contributed by atoms with E-state index in [0.717, 1.165) is 33.6 Å². The Hall–Kier alpha value is -2.62. The van der Waals surface area contributed by atoms with Crippen molar-refractivity contribution in [1.82, 2.24) is 0 Å². The third-order valence-corrected chi connectivity index (χ3v) is 9.22. The predicted octanol–water partition coefficient (Wildman–Crippen LogP) is 6.72. The maximum atomic E-state index is 12.8. The first-order valence-electron chi connectivity index (χ1n) is 13.3. The minimum absolute atomic E-state index is 0.208. The van der Waals surface area contributed by atoms with E-state index in [-0.39, 0.29) is 23.7 Å². The van der Waals surface area contributed by atoms with Gasteiger partial charge in [-0.15, -0.1) is 0 Å². The van der Waals surface area contributed by atoms with Gasteiger partial charge in [0, 0.05) is 23.2 Å². The van der Waals surface area contributed by atoms with Gasteiger partial charge in [-0.05, 0) is 110 Å². The molecule has 0 heterocycles. The number of fused-ring (bicyclic) bond motifs is 2. The maximum absolute atomic E-state index is 12.8. The number of hydrogen-bond acceptors (Lipinski definition) is 2. The van der Waals surface area contributed by atoms with Crippen LogP contribution < -0.4 is 10.6 Å². The Morgan fingerprint density at radius 3 is 1.29 bits per heavy atom. The molecule has 4 atom stereocenters. The molecule has 34 heavy (non-hydrogen) atoms. The predicted molar refractivity (Wildman–Crippen MR) is 136 cm³/mol. The molecule has 2 aromatic rings. The average molecular weight is 457 g/mol. The molecule has 2 aromatic carbocycles. The van der Waals surface area contributed by atoms with Gasteiger partial charge < -0.3 is 10.6 Å². The van der Waals surface area contributed by atoms with Crippen molar-refractivity contribution in [1.29, 1.82) is 0 Å². The van der Waals surface area contributed by atoms with E-state index in [4.69, 9.17) is 0 Å². The zero-order valence-electron chi connectivity index (χ0n) is 20.4. The number of carbonyl (C=O) groups excluding carboxylic acids is 2. The molecule has 4 fully saturated rings. The van der Waals surface area contributed by atoms with Gasteiger partial charge in [0.1, 0.15) is 0 Å². The summed E-state index contributed by atoms with van der Waals surface area (Å²) < 4.78 is 0. The van der Waals surface area contributed by atoms with Gasteiger partial charge in [0.2, 0.25) is 11.8 Å². The number of rotatable bonds is 5. The lowest BCUT2D eigenvalue weighted by atomic mass is 9.99. The SMILES string of the molecule is Cc1cc(-c2ccc(NC(=O)C3C4CCCCC43)c(C)c2)ccc1NC(=O)C1C2CCCCC21. The summed E-state index contributed by atoms with van der Waals surface area (Å²) in [6.45, 7) is 4.13. The zero-order chi connectivity index (χ0) is 23.4. The molecule has 0 aromatic heterocycles. The molecule has 4 heteroatoms. The highest BCUT2D eigenvalue weighted by atomic mass is 16.2. The van der Waals surface area contributed by atoms with Crippen molar-refractivity contribution in [3.05, 3.63) is 47.5 Å². The van der Waals surface area contributed by atoms with E-state index < -0.39 is 0 Å². The molecule has 6 rings (SSSR count). The molecule has 178 valence electrons. The largest absolute Gasteiger partial charge is 0.326 e. The summed E-state index contributed by atoms with van der Waals surface area (Å²) in [5, 5.41) is 6.40. The quantitative estimate of drug-likeness (QED) is 0.525. The van der Waals surface area contributed by atoms with Crippen LogP contribution in [0.1, 0.15) is 62.5 Å². The van der Waals surface area contributed by atoms with Crippen LogP contribution in [0.25, 0.3) is 11.1 Å². The summed E-state index contributed by atoms with van der Waals surface area (Å²) in [6, 6.07) is 12.5. The first-order valence-corrected chi connectivity index (χ1v) is 13.3. The highest BCUT2D eigenvalue weighted by Crippen LogP contribution is 2.56. The Morgan fingerprint density at radius 1 is 0.618 bits per heavy atom. The van der Waals surface area contributed by atoms with Gasteiger partial charge in [-0.1, -0.05) is 37.8 Å². The topological polar surface area (TPSA) is 58.2 Å². The van der Waals surface area contributed by atoms with Crippen molar-refractivity contribution in [2.75, 3.05) is 10.6 Å². The van der Waals surface area contributed by atoms with Crippen LogP contribution in [0.4, 0.5) is 11.4 Å².